The Labute approximate surface area is 197 Å². The van der Waals surface area contributed by atoms with Crippen molar-refractivity contribution in [2.45, 2.75) is 0 Å². The molecule has 34 heavy (non-hydrogen) atoms. The number of hydrogen-bond acceptors (Lipinski definition) is 2. The zero-order valence-corrected chi connectivity index (χ0v) is 18.2. The molecule has 0 radical (unpaired) electrons. The van der Waals surface area contributed by atoms with Gasteiger partial charge in [0.1, 0.15) is 11.6 Å². The van der Waals surface area contributed by atoms with E-state index in [1.54, 1.807) is 41.1 Å². The normalized spacial score (nSPS) is 11.1. The van der Waals surface area contributed by atoms with Crippen LogP contribution in [0.25, 0.3) is 28.0 Å². The third-order valence-electron chi connectivity index (χ3n) is 5.39. The van der Waals surface area contributed by atoms with Gasteiger partial charge in [-0.15, -0.1) is 0 Å². The van der Waals surface area contributed by atoms with Crippen molar-refractivity contribution < 1.29 is 18.0 Å². The van der Waals surface area contributed by atoms with Crippen LogP contribution in [0.1, 0.15) is 10.4 Å². The van der Waals surface area contributed by atoms with Gasteiger partial charge in [-0.3, -0.25) is 9.20 Å². The Morgan fingerprint density at radius 3 is 2.47 bits per heavy atom. The first-order valence-electron chi connectivity index (χ1n) is 10.2. The monoisotopic (exact) mass is 477 g/mol. The van der Waals surface area contributed by atoms with Gasteiger partial charge in [-0.2, -0.15) is 0 Å². The maximum absolute atomic E-state index is 14.4. The van der Waals surface area contributed by atoms with Crippen molar-refractivity contribution in [2.24, 2.45) is 0 Å². The van der Waals surface area contributed by atoms with Crippen LogP contribution in [0.3, 0.4) is 0 Å². The predicted octanol–water partition coefficient (Wildman–Crippen LogP) is 6.99. The van der Waals surface area contributed by atoms with E-state index in [0.29, 0.717) is 22.3 Å². The van der Waals surface area contributed by atoms with E-state index in [1.165, 1.54) is 36.4 Å². The van der Waals surface area contributed by atoms with Crippen molar-refractivity contribution in [3.05, 3.63) is 113 Å². The quantitative estimate of drug-likeness (QED) is 0.303. The number of anilines is 1. The number of aromatic nitrogens is 2. The van der Waals surface area contributed by atoms with Crippen LogP contribution in [0.2, 0.25) is 5.02 Å². The molecule has 4 nitrogen and oxygen atoms in total. The molecule has 2 heterocycles. The van der Waals surface area contributed by atoms with Gasteiger partial charge in [-0.05, 0) is 60.2 Å². The highest BCUT2D eigenvalue weighted by Gasteiger charge is 2.18. The Morgan fingerprint density at radius 2 is 1.68 bits per heavy atom. The molecule has 0 fully saturated rings. The molecule has 168 valence electrons. The first kappa shape index (κ1) is 21.7. The molecular formula is C26H15ClF3N3O. The highest BCUT2D eigenvalue weighted by molar-refractivity contribution is 6.34. The smallest absolute Gasteiger partial charge is 0.257 e. The van der Waals surface area contributed by atoms with Crippen LogP contribution in [0, 0.1) is 17.5 Å². The van der Waals surface area contributed by atoms with Crippen LogP contribution < -0.4 is 5.32 Å². The zero-order chi connectivity index (χ0) is 23.8. The van der Waals surface area contributed by atoms with E-state index in [1.807, 2.05) is 6.07 Å². The molecule has 5 rings (SSSR count). The molecule has 5 aromatic rings. The van der Waals surface area contributed by atoms with Crippen LogP contribution in [-0.2, 0) is 0 Å². The second kappa shape index (κ2) is 8.68. The minimum Gasteiger partial charge on any atom is -0.322 e. The second-order valence-corrected chi connectivity index (χ2v) is 7.92. The summed E-state index contributed by atoms with van der Waals surface area (Å²) in [6.45, 7) is 0. The van der Waals surface area contributed by atoms with Crippen molar-refractivity contribution in [1.29, 1.82) is 0 Å². The molecule has 0 spiro atoms. The molecule has 0 atom stereocenters. The van der Waals surface area contributed by atoms with Crippen LogP contribution in [-0.4, -0.2) is 15.3 Å². The summed E-state index contributed by atoms with van der Waals surface area (Å²) in [5.74, 6) is -2.56. The number of rotatable bonds is 4. The van der Waals surface area contributed by atoms with Crippen molar-refractivity contribution in [3.63, 3.8) is 0 Å². The highest BCUT2D eigenvalue weighted by Crippen LogP contribution is 2.32. The summed E-state index contributed by atoms with van der Waals surface area (Å²) in [5.41, 5.74) is 2.70. The number of carbonyl (C=O) groups excluding carboxylic acids is 1. The van der Waals surface area contributed by atoms with Gasteiger partial charge in [0.25, 0.3) is 5.91 Å². The minimum atomic E-state index is -0.980. The first-order valence-corrected chi connectivity index (χ1v) is 10.6. The molecule has 0 aliphatic carbocycles. The molecule has 1 amide bonds. The number of hydrogen-bond donors (Lipinski definition) is 1. The summed E-state index contributed by atoms with van der Waals surface area (Å²) < 4.78 is 43.0. The van der Waals surface area contributed by atoms with Crippen LogP contribution in [0.15, 0.2) is 85.2 Å². The number of carbonyl (C=O) groups is 1. The SMILES string of the molecule is O=C(Nc1ccc(F)cc1)c1cc(-c2cccn3c(-c4cccc(F)c4F)ncc23)ccc1Cl. The molecule has 2 aromatic heterocycles. The van der Waals surface area contributed by atoms with E-state index in [0.717, 1.165) is 6.07 Å². The van der Waals surface area contributed by atoms with Gasteiger partial charge in [0.2, 0.25) is 0 Å². The Hall–Kier alpha value is -4.10. The molecule has 0 aliphatic heterocycles. The fourth-order valence-corrected chi connectivity index (χ4v) is 3.94. The number of nitrogens with one attached hydrogen (secondary N) is 1. The van der Waals surface area contributed by atoms with Gasteiger partial charge in [0, 0.05) is 17.4 Å². The van der Waals surface area contributed by atoms with Gasteiger partial charge < -0.3 is 5.32 Å². The first-order chi connectivity index (χ1) is 16.4. The summed E-state index contributed by atoms with van der Waals surface area (Å²) in [6.07, 6.45) is 3.26. The van der Waals surface area contributed by atoms with E-state index >= 15 is 0 Å². The lowest BCUT2D eigenvalue weighted by atomic mass is 10.0. The van der Waals surface area contributed by atoms with Crippen molar-refractivity contribution >= 4 is 28.7 Å². The lowest BCUT2D eigenvalue weighted by Gasteiger charge is -2.11. The Balaban J connectivity index is 1.55. The number of benzene rings is 3. The number of nitrogens with zero attached hydrogens (tertiary/aromatic N) is 2. The predicted molar refractivity (Wildman–Crippen MR) is 125 cm³/mol. The summed E-state index contributed by atoms with van der Waals surface area (Å²) in [5, 5.41) is 2.94. The molecule has 0 bridgehead atoms. The standard InChI is InChI=1S/C26H15ClF3N3O/c27-21-11-6-15(13-20(21)26(34)32-17-9-7-16(28)8-10-17)18-4-2-12-33-23(18)14-31-25(33)19-3-1-5-22(29)24(19)30/h1-14H,(H,32,34). The van der Waals surface area contributed by atoms with Crippen LogP contribution in [0.4, 0.5) is 18.9 Å². The fourth-order valence-electron chi connectivity index (χ4n) is 3.74. The molecule has 0 saturated heterocycles. The number of amides is 1. The average Bonchev–Trinajstić information content (AvgIpc) is 3.27. The van der Waals surface area contributed by atoms with Crippen LogP contribution in [0.5, 0.6) is 0 Å². The van der Waals surface area contributed by atoms with Gasteiger partial charge in [-0.25, -0.2) is 18.2 Å². The molecular weight excluding hydrogens is 463 g/mol. The number of halogens is 4. The Kier molecular flexibility index (Phi) is 5.55. The summed E-state index contributed by atoms with van der Waals surface area (Å²) >= 11 is 6.29. The van der Waals surface area contributed by atoms with E-state index in [9.17, 15) is 18.0 Å². The Morgan fingerprint density at radius 1 is 0.912 bits per heavy atom. The van der Waals surface area contributed by atoms with Gasteiger partial charge in [-0.1, -0.05) is 29.8 Å². The van der Waals surface area contributed by atoms with Gasteiger partial charge in [0.15, 0.2) is 11.6 Å². The molecule has 3 aromatic carbocycles. The fraction of sp³-hybridized carbons (Fsp3) is 0. The maximum Gasteiger partial charge on any atom is 0.257 e. The van der Waals surface area contributed by atoms with Gasteiger partial charge in [0.05, 0.1) is 27.9 Å². The summed E-state index contributed by atoms with van der Waals surface area (Å²) in [4.78, 5) is 17.2. The third-order valence-corrected chi connectivity index (χ3v) is 5.72. The molecule has 8 heteroatoms. The largest absolute Gasteiger partial charge is 0.322 e. The second-order valence-electron chi connectivity index (χ2n) is 7.52. The lowest BCUT2D eigenvalue weighted by Crippen LogP contribution is -2.12. The van der Waals surface area contributed by atoms with Crippen molar-refractivity contribution in [3.8, 4) is 22.5 Å². The molecule has 1 N–H and O–H groups in total. The maximum atomic E-state index is 14.4. The average molecular weight is 478 g/mol. The van der Waals surface area contributed by atoms with E-state index in [4.69, 9.17) is 11.6 Å². The van der Waals surface area contributed by atoms with Crippen LogP contribution >= 0.6 is 11.6 Å². The highest BCUT2D eigenvalue weighted by atomic mass is 35.5. The lowest BCUT2D eigenvalue weighted by molar-refractivity contribution is 0.102. The minimum absolute atomic E-state index is 0.0348. The topological polar surface area (TPSA) is 46.4 Å². The zero-order valence-electron chi connectivity index (χ0n) is 17.4. The van der Waals surface area contributed by atoms with Crippen molar-refractivity contribution in [2.75, 3.05) is 5.32 Å². The number of fused-ring (bicyclic) bond motifs is 1. The third kappa shape index (κ3) is 3.91. The molecule has 0 saturated carbocycles. The summed E-state index contributed by atoms with van der Waals surface area (Å²) in [6, 6.07) is 17.9. The van der Waals surface area contributed by atoms with E-state index in [2.05, 4.69) is 10.3 Å². The number of pyridine rings is 1. The van der Waals surface area contributed by atoms with Crippen molar-refractivity contribution in [1.82, 2.24) is 9.38 Å². The number of imidazole rings is 1. The van der Waals surface area contributed by atoms with Gasteiger partial charge >= 0.3 is 0 Å². The van der Waals surface area contributed by atoms with E-state index < -0.39 is 23.4 Å². The van der Waals surface area contributed by atoms with E-state index in [-0.39, 0.29) is 22.0 Å². The Bertz CT molecular complexity index is 1550. The molecule has 0 aliphatic rings. The summed E-state index contributed by atoms with van der Waals surface area (Å²) in [7, 11) is 0. The molecule has 0 unspecified atom stereocenters.